The molecule has 7 heteroatoms. The van der Waals surface area contributed by atoms with Crippen LogP contribution in [0.2, 0.25) is 0 Å². The van der Waals surface area contributed by atoms with Crippen LogP contribution in [0.5, 0.6) is 0 Å². The number of rotatable bonds is 3. The molecule has 1 aliphatic heterocycles. The van der Waals surface area contributed by atoms with Gasteiger partial charge in [-0.1, -0.05) is 25.6 Å². The number of aryl methyl sites for hydroxylation is 2. The van der Waals surface area contributed by atoms with Crippen LogP contribution in [0.1, 0.15) is 31.7 Å². The maximum absolute atomic E-state index is 12.4. The van der Waals surface area contributed by atoms with Crippen molar-refractivity contribution < 1.29 is 4.79 Å². The molecule has 0 saturated carbocycles. The van der Waals surface area contributed by atoms with Crippen molar-refractivity contribution in [2.45, 2.75) is 39.3 Å². The van der Waals surface area contributed by atoms with Gasteiger partial charge in [-0.25, -0.2) is 9.50 Å². The summed E-state index contributed by atoms with van der Waals surface area (Å²) in [5, 5.41) is 5.04. The molecular formula is C16H23N5OS. The molecule has 23 heavy (non-hydrogen) atoms. The smallest absolute Gasteiger partial charge is 0.253 e. The van der Waals surface area contributed by atoms with E-state index in [4.69, 9.17) is 0 Å². The Morgan fingerprint density at radius 1 is 1.26 bits per heavy atom. The zero-order valence-electron chi connectivity index (χ0n) is 14.1. The predicted octanol–water partition coefficient (Wildman–Crippen LogP) is 2.34. The summed E-state index contributed by atoms with van der Waals surface area (Å²) in [5.41, 5.74) is 1.92. The molecule has 6 nitrogen and oxygen atoms in total. The highest BCUT2D eigenvalue weighted by Gasteiger charge is 2.25. The molecule has 0 spiro atoms. The Balaban J connectivity index is 1.66. The minimum Gasteiger partial charge on any atom is -0.341 e. The Bertz CT molecular complexity index is 719. The van der Waals surface area contributed by atoms with Gasteiger partial charge in [-0.05, 0) is 38.2 Å². The quantitative estimate of drug-likeness (QED) is 0.807. The van der Waals surface area contributed by atoms with Crippen molar-refractivity contribution in [1.82, 2.24) is 24.5 Å². The molecule has 3 heterocycles. The second kappa shape index (κ2) is 6.47. The number of carbonyl (C=O) groups excluding carboxylic acids is 1. The summed E-state index contributed by atoms with van der Waals surface area (Å²) in [6, 6.07) is 1.97. The fourth-order valence-electron chi connectivity index (χ4n) is 3.29. The molecule has 0 N–H and O–H groups in total. The zero-order chi connectivity index (χ0) is 16.6. The molecule has 0 aromatic carbocycles. The third-order valence-electron chi connectivity index (χ3n) is 4.15. The van der Waals surface area contributed by atoms with Gasteiger partial charge in [-0.3, -0.25) is 4.79 Å². The third-order valence-corrected chi connectivity index (χ3v) is 4.97. The topological polar surface area (TPSA) is 63.4 Å². The molecule has 1 fully saturated rings. The number of likely N-dealkylation sites (tertiary alicyclic amines) is 1. The predicted molar refractivity (Wildman–Crippen MR) is 90.5 cm³/mol. The molecule has 3 rings (SSSR count). The van der Waals surface area contributed by atoms with E-state index in [-0.39, 0.29) is 5.91 Å². The lowest BCUT2D eigenvalue weighted by Crippen LogP contribution is -2.43. The van der Waals surface area contributed by atoms with E-state index in [1.165, 1.54) is 18.2 Å². The number of fused-ring (bicyclic) bond motifs is 1. The average molecular weight is 333 g/mol. The largest absolute Gasteiger partial charge is 0.341 e. The van der Waals surface area contributed by atoms with Crippen molar-refractivity contribution in [2.75, 3.05) is 18.8 Å². The lowest BCUT2D eigenvalue weighted by atomic mass is 9.92. The minimum atomic E-state index is 0.174. The second-order valence-electron chi connectivity index (χ2n) is 6.68. The van der Waals surface area contributed by atoms with Gasteiger partial charge < -0.3 is 4.90 Å². The van der Waals surface area contributed by atoms with E-state index in [2.05, 4.69) is 28.9 Å². The van der Waals surface area contributed by atoms with Crippen LogP contribution in [0.25, 0.3) is 5.78 Å². The van der Waals surface area contributed by atoms with Crippen LogP contribution in [0.3, 0.4) is 0 Å². The first kappa shape index (κ1) is 16.2. The van der Waals surface area contributed by atoms with Gasteiger partial charge in [0.2, 0.25) is 11.1 Å². The van der Waals surface area contributed by atoms with E-state index < -0.39 is 0 Å². The number of carbonyl (C=O) groups is 1. The van der Waals surface area contributed by atoms with Crippen LogP contribution in [-0.2, 0) is 4.79 Å². The molecule has 0 bridgehead atoms. The van der Waals surface area contributed by atoms with Crippen LogP contribution in [-0.4, -0.2) is 49.2 Å². The molecule has 2 aromatic heterocycles. The normalized spacial score (nSPS) is 21.8. The van der Waals surface area contributed by atoms with Gasteiger partial charge in [0, 0.05) is 24.5 Å². The molecule has 0 radical (unpaired) electrons. The molecule has 2 atom stereocenters. The van der Waals surface area contributed by atoms with E-state index in [0.29, 0.717) is 28.5 Å². The van der Waals surface area contributed by atoms with Crippen molar-refractivity contribution in [3.8, 4) is 0 Å². The lowest BCUT2D eigenvalue weighted by Gasteiger charge is -2.34. The van der Waals surface area contributed by atoms with E-state index in [1.54, 1.807) is 4.52 Å². The van der Waals surface area contributed by atoms with Crippen molar-refractivity contribution in [3.63, 3.8) is 0 Å². The first-order valence-corrected chi connectivity index (χ1v) is 9.02. The zero-order valence-corrected chi connectivity index (χ0v) is 14.9. The molecule has 1 amide bonds. The maximum Gasteiger partial charge on any atom is 0.253 e. The molecule has 0 aliphatic carbocycles. The number of hydrogen-bond donors (Lipinski definition) is 0. The minimum absolute atomic E-state index is 0.174. The van der Waals surface area contributed by atoms with Gasteiger partial charge in [0.05, 0.1) is 5.75 Å². The van der Waals surface area contributed by atoms with E-state index in [0.717, 1.165) is 24.5 Å². The fourth-order valence-corrected chi connectivity index (χ4v) is 4.01. The van der Waals surface area contributed by atoms with Gasteiger partial charge in [0.25, 0.3) is 5.78 Å². The van der Waals surface area contributed by atoms with Crippen molar-refractivity contribution >= 4 is 23.4 Å². The van der Waals surface area contributed by atoms with Crippen molar-refractivity contribution in [3.05, 3.63) is 17.5 Å². The van der Waals surface area contributed by atoms with Gasteiger partial charge in [-0.15, -0.1) is 5.10 Å². The third kappa shape index (κ3) is 3.65. The van der Waals surface area contributed by atoms with E-state index in [9.17, 15) is 4.79 Å². The van der Waals surface area contributed by atoms with Gasteiger partial charge in [0.15, 0.2) is 0 Å². The fraction of sp³-hybridized carbons (Fsp3) is 0.625. The number of aromatic nitrogens is 4. The number of thioether (sulfide) groups is 1. The molecule has 2 aromatic rings. The summed E-state index contributed by atoms with van der Waals surface area (Å²) in [7, 11) is 0. The van der Waals surface area contributed by atoms with Gasteiger partial charge in [-0.2, -0.15) is 4.98 Å². The van der Waals surface area contributed by atoms with Crippen LogP contribution >= 0.6 is 11.8 Å². The highest BCUT2D eigenvalue weighted by atomic mass is 32.2. The van der Waals surface area contributed by atoms with Crippen LogP contribution < -0.4 is 0 Å². The lowest BCUT2D eigenvalue weighted by molar-refractivity contribution is -0.130. The Hall–Kier alpha value is -1.63. The molecule has 0 unspecified atom stereocenters. The first-order valence-electron chi connectivity index (χ1n) is 8.04. The summed E-state index contributed by atoms with van der Waals surface area (Å²) < 4.78 is 1.73. The summed E-state index contributed by atoms with van der Waals surface area (Å²) >= 11 is 1.39. The monoisotopic (exact) mass is 333 g/mol. The number of hydrogen-bond acceptors (Lipinski definition) is 5. The highest BCUT2D eigenvalue weighted by molar-refractivity contribution is 7.99. The molecule has 1 aliphatic rings. The van der Waals surface area contributed by atoms with E-state index >= 15 is 0 Å². The number of piperidine rings is 1. The van der Waals surface area contributed by atoms with Crippen LogP contribution in [0.4, 0.5) is 0 Å². The summed E-state index contributed by atoms with van der Waals surface area (Å²) in [5.74, 6) is 2.31. The maximum atomic E-state index is 12.4. The van der Waals surface area contributed by atoms with Crippen molar-refractivity contribution in [2.24, 2.45) is 11.8 Å². The first-order chi connectivity index (χ1) is 10.9. The number of amides is 1. The SMILES string of the molecule is Cc1cc(C)n2nc(SCC(=O)N3C[C@@H](C)C[C@H](C)C3)nc2n1. The Morgan fingerprint density at radius 2 is 1.96 bits per heavy atom. The highest BCUT2D eigenvalue weighted by Crippen LogP contribution is 2.22. The standard InChI is InChI=1S/C16H23N5OS/c1-10-5-11(2)8-20(7-10)14(22)9-23-16-18-15-17-12(3)6-13(4)21(15)19-16/h6,10-11H,5,7-9H2,1-4H3/t10-,11-/m0/s1. The van der Waals surface area contributed by atoms with E-state index in [1.807, 2.05) is 24.8 Å². The van der Waals surface area contributed by atoms with Crippen molar-refractivity contribution in [1.29, 1.82) is 0 Å². The van der Waals surface area contributed by atoms with Crippen LogP contribution in [0.15, 0.2) is 11.2 Å². The van der Waals surface area contributed by atoms with Gasteiger partial charge in [0.1, 0.15) is 0 Å². The molecular weight excluding hydrogens is 310 g/mol. The molecule has 124 valence electrons. The van der Waals surface area contributed by atoms with Gasteiger partial charge >= 0.3 is 0 Å². The van der Waals surface area contributed by atoms with Crippen LogP contribution in [0, 0.1) is 25.7 Å². The summed E-state index contributed by atoms with van der Waals surface area (Å²) in [6.45, 7) is 10.1. The Kier molecular flexibility index (Phi) is 4.57. The summed E-state index contributed by atoms with van der Waals surface area (Å²) in [4.78, 5) is 23.2. The Morgan fingerprint density at radius 3 is 2.65 bits per heavy atom. The molecule has 1 saturated heterocycles. The number of nitrogens with zero attached hydrogens (tertiary/aromatic N) is 5. The average Bonchev–Trinajstić information content (AvgIpc) is 2.87. The summed E-state index contributed by atoms with van der Waals surface area (Å²) in [6.07, 6.45) is 1.20. The Labute approximate surface area is 140 Å². The second-order valence-corrected chi connectivity index (χ2v) is 7.62.